The third-order valence-corrected chi connectivity index (χ3v) is 4.42. The Balaban J connectivity index is 2.04. The van der Waals surface area contributed by atoms with Crippen LogP contribution >= 0.6 is 0 Å². The molecule has 30 heavy (non-hydrogen) atoms. The van der Waals surface area contributed by atoms with Crippen molar-refractivity contribution in [2.24, 2.45) is 5.73 Å². The van der Waals surface area contributed by atoms with Gasteiger partial charge in [0.25, 0.3) is 5.91 Å². The zero-order chi connectivity index (χ0) is 21.8. The number of anilines is 1. The molecular weight excluding hydrogens is 386 g/mol. The van der Waals surface area contributed by atoms with E-state index in [0.29, 0.717) is 11.3 Å². The molecule has 0 bridgehead atoms. The largest absolute Gasteiger partial charge is 0.478 e. The van der Waals surface area contributed by atoms with Crippen LogP contribution < -0.4 is 11.1 Å². The first-order chi connectivity index (χ1) is 14.3. The highest BCUT2D eigenvalue weighted by Crippen LogP contribution is 2.30. The van der Waals surface area contributed by atoms with Crippen LogP contribution in [-0.4, -0.2) is 33.9 Å². The number of carbonyl (C=O) groups excluding carboxylic acids is 1. The number of amides is 1. The predicted octanol–water partition coefficient (Wildman–Crippen LogP) is 3.29. The van der Waals surface area contributed by atoms with Crippen molar-refractivity contribution in [3.05, 3.63) is 89.0 Å². The lowest BCUT2D eigenvalue weighted by molar-refractivity contribution is 0.0652. The third kappa shape index (κ3) is 4.02. The predicted molar refractivity (Wildman–Crippen MR) is 111 cm³/mol. The van der Waals surface area contributed by atoms with Gasteiger partial charge in [-0.1, -0.05) is 30.3 Å². The lowest BCUT2D eigenvalue weighted by Crippen LogP contribution is -2.15. The monoisotopic (exact) mass is 403 g/mol. The molecule has 0 radical (unpaired) electrons. The lowest BCUT2D eigenvalue weighted by Gasteiger charge is -2.14. The fraction of sp³-hybridized carbons (Fsp3) is 0. The Labute approximate surface area is 171 Å². The molecule has 0 aliphatic heterocycles. The first-order valence-electron chi connectivity index (χ1n) is 8.74. The van der Waals surface area contributed by atoms with E-state index in [1.807, 2.05) is 0 Å². The number of aromatic carboxylic acids is 2. The number of nitrogen functional groups attached to an aromatic ring is 1. The number of carboxylic acid groups (broad SMARTS) is 2. The summed E-state index contributed by atoms with van der Waals surface area (Å²) >= 11 is 0. The molecule has 0 heterocycles. The van der Waals surface area contributed by atoms with Gasteiger partial charge in [-0.2, -0.15) is 0 Å². The Morgan fingerprint density at radius 1 is 0.767 bits per heavy atom. The van der Waals surface area contributed by atoms with Crippen LogP contribution in [0.25, 0.3) is 11.1 Å². The number of carbonyl (C=O) groups is 3. The molecule has 8 nitrogen and oxygen atoms in total. The van der Waals surface area contributed by atoms with Crippen molar-refractivity contribution in [3.63, 3.8) is 0 Å². The second kappa shape index (κ2) is 8.27. The maximum Gasteiger partial charge on any atom is 0.337 e. The van der Waals surface area contributed by atoms with Gasteiger partial charge in [0.05, 0.1) is 11.1 Å². The zero-order valence-corrected chi connectivity index (χ0v) is 15.5. The molecule has 0 saturated carbocycles. The molecule has 3 aromatic carbocycles. The van der Waals surface area contributed by atoms with Crippen molar-refractivity contribution in [2.45, 2.75) is 0 Å². The average Bonchev–Trinajstić information content (AvgIpc) is 2.73. The summed E-state index contributed by atoms with van der Waals surface area (Å²) < 4.78 is 0. The van der Waals surface area contributed by atoms with E-state index < -0.39 is 23.4 Å². The topological polar surface area (TPSA) is 154 Å². The van der Waals surface area contributed by atoms with Gasteiger partial charge in [0.2, 0.25) is 0 Å². The van der Waals surface area contributed by atoms with Crippen LogP contribution in [0, 0.1) is 5.41 Å². The minimum absolute atomic E-state index is 0.0993. The first kappa shape index (κ1) is 20.3. The van der Waals surface area contributed by atoms with Crippen LogP contribution in [0.4, 0.5) is 5.69 Å². The molecule has 0 aliphatic rings. The highest BCUT2D eigenvalue weighted by atomic mass is 16.4. The van der Waals surface area contributed by atoms with Crippen molar-refractivity contribution in [3.8, 4) is 11.1 Å². The van der Waals surface area contributed by atoms with Crippen LogP contribution in [0.5, 0.6) is 0 Å². The fourth-order valence-corrected chi connectivity index (χ4v) is 3.03. The van der Waals surface area contributed by atoms with E-state index >= 15 is 0 Å². The van der Waals surface area contributed by atoms with E-state index in [9.17, 15) is 24.6 Å². The molecule has 0 fully saturated rings. The van der Waals surface area contributed by atoms with Crippen LogP contribution in [-0.2, 0) is 0 Å². The third-order valence-electron chi connectivity index (χ3n) is 4.42. The number of hydrogen-bond acceptors (Lipinski definition) is 4. The summed E-state index contributed by atoms with van der Waals surface area (Å²) in [7, 11) is 0. The van der Waals surface area contributed by atoms with Crippen LogP contribution in [0.3, 0.4) is 0 Å². The summed E-state index contributed by atoms with van der Waals surface area (Å²) in [5.74, 6) is -3.38. The number of benzene rings is 3. The van der Waals surface area contributed by atoms with Crippen molar-refractivity contribution in [1.29, 1.82) is 5.41 Å². The highest BCUT2D eigenvalue weighted by molar-refractivity contribution is 6.12. The van der Waals surface area contributed by atoms with Gasteiger partial charge in [0.1, 0.15) is 5.84 Å². The van der Waals surface area contributed by atoms with Gasteiger partial charge < -0.3 is 21.3 Å². The molecule has 3 rings (SSSR count). The fourth-order valence-electron chi connectivity index (χ4n) is 3.03. The van der Waals surface area contributed by atoms with Gasteiger partial charge in [0, 0.05) is 16.8 Å². The Kier molecular flexibility index (Phi) is 5.59. The van der Waals surface area contributed by atoms with E-state index in [1.165, 1.54) is 24.3 Å². The van der Waals surface area contributed by atoms with Gasteiger partial charge in [-0.15, -0.1) is 0 Å². The van der Waals surface area contributed by atoms with E-state index in [0.717, 1.165) is 0 Å². The summed E-state index contributed by atoms with van der Waals surface area (Å²) in [6.07, 6.45) is 0. The van der Waals surface area contributed by atoms with Crippen LogP contribution in [0.2, 0.25) is 0 Å². The maximum atomic E-state index is 12.9. The smallest absolute Gasteiger partial charge is 0.337 e. The minimum atomic E-state index is -1.40. The van der Waals surface area contributed by atoms with E-state index in [1.54, 1.807) is 42.5 Å². The van der Waals surface area contributed by atoms with E-state index in [-0.39, 0.29) is 28.1 Å². The van der Waals surface area contributed by atoms with Crippen molar-refractivity contribution < 1.29 is 24.6 Å². The molecule has 0 atom stereocenters. The highest BCUT2D eigenvalue weighted by Gasteiger charge is 2.23. The summed E-state index contributed by atoms with van der Waals surface area (Å²) in [6.45, 7) is 0. The number of nitrogens with two attached hydrogens (primary N) is 1. The molecular formula is C22H17N3O5. The summed E-state index contributed by atoms with van der Waals surface area (Å²) in [6, 6.07) is 16.8. The number of nitrogens with one attached hydrogen (secondary N) is 2. The maximum absolute atomic E-state index is 12.9. The Morgan fingerprint density at radius 3 is 1.97 bits per heavy atom. The molecule has 8 heteroatoms. The summed E-state index contributed by atoms with van der Waals surface area (Å²) in [4.78, 5) is 36.2. The molecule has 0 aliphatic carbocycles. The summed E-state index contributed by atoms with van der Waals surface area (Å²) in [5.41, 5.74) is 6.21. The molecule has 1 amide bonds. The molecule has 0 spiro atoms. The standard InChI is InChI=1S/C22H17N3O5/c23-19(24)12-8-10-13(11-9-12)25-20(26)16-5-2-1-4-14(16)15-6-3-7-17(21(27)28)18(15)22(29)30/h1-11H,(H3,23,24)(H,25,26)(H,27,28)(H,29,30). The molecule has 3 aromatic rings. The number of amidine groups is 1. The zero-order valence-electron chi connectivity index (χ0n) is 15.5. The second-order valence-electron chi connectivity index (χ2n) is 6.33. The quantitative estimate of drug-likeness (QED) is 0.314. The average molecular weight is 403 g/mol. The number of carboxylic acids is 2. The van der Waals surface area contributed by atoms with Crippen molar-refractivity contribution in [2.75, 3.05) is 5.32 Å². The molecule has 0 saturated heterocycles. The SMILES string of the molecule is N=C(N)c1ccc(NC(=O)c2ccccc2-c2cccc(C(=O)O)c2C(=O)O)cc1. The molecule has 0 aromatic heterocycles. The van der Waals surface area contributed by atoms with Crippen LogP contribution in [0.1, 0.15) is 36.6 Å². The van der Waals surface area contributed by atoms with Gasteiger partial charge in [-0.3, -0.25) is 10.2 Å². The summed E-state index contributed by atoms with van der Waals surface area (Å²) in [5, 5.41) is 29.1. The minimum Gasteiger partial charge on any atom is -0.478 e. The molecule has 6 N–H and O–H groups in total. The second-order valence-corrected chi connectivity index (χ2v) is 6.33. The van der Waals surface area contributed by atoms with E-state index in [4.69, 9.17) is 11.1 Å². The first-order valence-corrected chi connectivity index (χ1v) is 8.74. The van der Waals surface area contributed by atoms with E-state index in [2.05, 4.69) is 5.32 Å². The van der Waals surface area contributed by atoms with Gasteiger partial charge in [0.15, 0.2) is 0 Å². The van der Waals surface area contributed by atoms with Crippen LogP contribution in [0.15, 0.2) is 66.7 Å². The Morgan fingerprint density at radius 2 is 1.37 bits per heavy atom. The number of hydrogen-bond donors (Lipinski definition) is 5. The Bertz CT molecular complexity index is 1170. The Hall–Kier alpha value is -4.46. The van der Waals surface area contributed by atoms with Crippen molar-refractivity contribution in [1.82, 2.24) is 0 Å². The van der Waals surface area contributed by atoms with Gasteiger partial charge in [-0.05, 0) is 47.5 Å². The van der Waals surface area contributed by atoms with Gasteiger partial charge >= 0.3 is 11.9 Å². The number of rotatable bonds is 6. The molecule has 150 valence electrons. The van der Waals surface area contributed by atoms with Crippen molar-refractivity contribution >= 4 is 29.4 Å². The lowest BCUT2D eigenvalue weighted by atomic mass is 9.92. The van der Waals surface area contributed by atoms with Gasteiger partial charge in [-0.25, -0.2) is 9.59 Å². The molecule has 0 unspecified atom stereocenters. The normalized spacial score (nSPS) is 10.3.